The zero-order chi connectivity index (χ0) is 17.2. The molecule has 1 aliphatic heterocycles. The molecule has 1 amide bonds. The third kappa shape index (κ3) is 2.89. The highest BCUT2D eigenvalue weighted by Gasteiger charge is 2.25. The number of pyridine rings is 1. The topological polar surface area (TPSA) is 77.8 Å². The average molecular weight is 344 g/mol. The summed E-state index contributed by atoms with van der Waals surface area (Å²) in [6.07, 6.45) is 3.41. The van der Waals surface area contributed by atoms with Crippen molar-refractivity contribution in [1.29, 1.82) is 5.26 Å². The second-order valence-corrected chi connectivity index (χ2v) is 6.26. The van der Waals surface area contributed by atoms with Crippen LogP contribution in [0, 0.1) is 11.3 Å². The van der Waals surface area contributed by atoms with Gasteiger partial charge in [-0.1, -0.05) is 6.07 Å². The first-order valence-electron chi connectivity index (χ1n) is 7.56. The van der Waals surface area contributed by atoms with E-state index in [1.165, 1.54) is 0 Å². The Morgan fingerprint density at radius 3 is 2.96 bits per heavy atom. The van der Waals surface area contributed by atoms with Crippen molar-refractivity contribution < 1.29 is 4.79 Å². The lowest BCUT2D eigenvalue weighted by atomic mass is 10.1. The predicted octanol–water partition coefficient (Wildman–Crippen LogP) is 4.09. The number of hydrogen-bond acceptors (Lipinski definition) is 5. The van der Waals surface area contributed by atoms with Gasteiger partial charge in [-0.15, -0.1) is 0 Å². The smallest absolute Gasteiger partial charge is 0.259 e. The summed E-state index contributed by atoms with van der Waals surface area (Å²) in [5, 5.41) is 18.9. The van der Waals surface area contributed by atoms with Crippen LogP contribution in [0.1, 0.15) is 11.1 Å². The van der Waals surface area contributed by atoms with Crippen molar-refractivity contribution in [3.8, 4) is 17.2 Å². The summed E-state index contributed by atoms with van der Waals surface area (Å²) in [5.41, 5.74) is 4.62. The molecule has 6 heteroatoms. The molecule has 3 heterocycles. The fraction of sp³-hybridized carbons (Fsp3) is 0. The molecule has 0 unspecified atom stereocenters. The van der Waals surface area contributed by atoms with Crippen LogP contribution in [0.15, 0.2) is 59.6 Å². The monoisotopic (exact) mass is 344 g/mol. The van der Waals surface area contributed by atoms with Gasteiger partial charge >= 0.3 is 0 Å². The molecule has 0 saturated heterocycles. The SMILES string of the molecule is N#Cc1cccc(NC=C2C(=O)Nc3ncc(-c4ccsc4)cc32)c1. The van der Waals surface area contributed by atoms with Crippen molar-refractivity contribution in [2.75, 3.05) is 10.6 Å². The number of hydrogen-bond donors (Lipinski definition) is 2. The molecule has 25 heavy (non-hydrogen) atoms. The third-order valence-electron chi connectivity index (χ3n) is 3.88. The van der Waals surface area contributed by atoms with E-state index in [2.05, 4.69) is 21.7 Å². The first-order chi connectivity index (χ1) is 12.2. The van der Waals surface area contributed by atoms with Crippen LogP contribution in [0.3, 0.4) is 0 Å². The van der Waals surface area contributed by atoms with Crippen LogP contribution in [-0.2, 0) is 4.79 Å². The van der Waals surface area contributed by atoms with Gasteiger partial charge in [-0.05, 0) is 46.7 Å². The van der Waals surface area contributed by atoms with Gasteiger partial charge in [-0.3, -0.25) is 4.79 Å². The normalized spacial score (nSPS) is 14.0. The summed E-state index contributed by atoms with van der Waals surface area (Å²) in [6.45, 7) is 0. The lowest BCUT2D eigenvalue weighted by Gasteiger charge is -2.04. The second kappa shape index (κ2) is 6.23. The number of carbonyl (C=O) groups excluding carboxylic acids is 1. The summed E-state index contributed by atoms with van der Waals surface area (Å²) < 4.78 is 0. The Morgan fingerprint density at radius 2 is 2.16 bits per heavy atom. The maximum absolute atomic E-state index is 12.3. The number of anilines is 2. The van der Waals surface area contributed by atoms with Crippen LogP contribution in [0.5, 0.6) is 0 Å². The van der Waals surface area contributed by atoms with E-state index in [1.807, 2.05) is 29.0 Å². The molecule has 0 spiro atoms. The summed E-state index contributed by atoms with van der Waals surface area (Å²) in [5.74, 6) is 0.358. The zero-order valence-electron chi connectivity index (χ0n) is 13.0. The van der Waals surface area contributed by atoms with E-state index in [9.17, 15) is 4.79 Å². The molecule has 0 aliphatic carbocycles. The standard InChI is InChI=1S/C19H12N4OS/c20-8-12-2-1-3-15(6-12)21-10-17-16-7-14(13-4-5-25-11-13)9-22-18(16)23-19(17)24/h1-7,9-11,21H,(H,22,23,24). The minimum Gasteiger partial charge on any atom is -0.361 e. The van der Waals surface area contributed by atoms with Gasteiger partial charge in [-0.25, -0.2) is 4.98 Å². The lowest BCUT2D eigenvalue weighted by Crippen LogP contribution is -2.05. The molecule has 1 aliphatic rings. The molecule has 0 radical (unpaired) electrons. The highest BCUT2D eigenvalue weighted by molar-refractivity contribution is 7.08. The Kier molecular flexibility index (Phi) is 3.77. The molecule has 5 nitrogen and oxygen atoms in total. The number of rotatable bonds is 3. The summed E-state index contributed by atoms with van der Waals surface area (Å²) in [7, 11) is 0. The first-order valence-corrected chi connectivity index (χ1v) is 8.50. The van der Waals surface area contributed by atoms with Gasteiger partial charge in [0.05, 0.1) is 17.2 Å². The summed E-state index contributed by atoms with van der Waals surface area (Å²) in [6, 6.07) is 13.2. The van der Waals surface area contributed by atoms with Crippen LogP contribution in [0.4, 0.5) is 11.5 Å². The van der Waals surface area contributed by atoms with Crippen molar-refractivity contribution >= 4 is 34.3 Å². The van der Waals surface area contributed by atoms with Gasteiger partial charge in [0.1, 0.15) is 5.82 Å². The number of aromatic nitrogens is 1. The van der Waals surface area contributed by atoms with Gasteiger partial charge in [-0.2, -0.15) is 16.6 Å². The van der Waals surface area contributed by atoms with Crippen molar-refractivity contribution in [2.45, 2.75) is 0 Å². The van der Waals surface area contributed by atoms with Crippen LogP contribution in [0.2, 0.25) is 0 Å². The van der Waals surface area contributed by atoms with Gasteiger partial charge in [0, 0.05) is 29.2 Å². The van der Waals surface area contributed by atoms with E-state index in [4.69, 9.17) is 5.26 Å². The molecule has 120 valence electrons. The number of nitriles is 1. The predicted molar refractivity (Wildman–Crippen MR) is 98.9 cm³/mol. The Balaban J connectivity index is 1.68. The molecule has 0 bridgehead atoms. The number of carbonyl (C=O) groups is 1. The van der Waals surface area contributed by atoms with E-state index < -0.39 is 0 Å². The molecule has 2 aromatic heterocycles. The van der Waals surface area contributed by atoms with E-state index in [0.29, 0.717) is 17.0 Å². The Hall–Kier alpha value is -3.43. The largest absolute Gasteiger partial charge is 0.361 e. The second-order valence-electron chi connectivity index (χ2n) is 5.48. The molecule has 4 rings (SSSR count). The Bertz CT molecular complexity index is 1030. The number of nitrogens with zero attached hydrogens (tertiary/aromatic N) is 2. The van der Waals surface area contributed by atoms with Gasteiger partial charge in [0.2, 0.25) is 0 Å². The molecule has 2 N–H and O–H groups in total. The van der Waals surface area contributed by atoms with Gasteiger partial charge < -0.3 is 10.6 Å². The first kappa shape index (κ1) is 15.1. The van der Waals surface area contributed by atoms with Crippen molar-refractivity contribution in [3.63, 3.8) is 0 Å². The highest BCUT2D eigenvalue weighted by atomic mass is 32.1. The Labute approximate surface area is 148 Å². The van der Waals surface area contributed by atoms with Gasteiger partial charge in [0.25, 0.3) is 5.91 Å². The van der Waals surface area contributed by atoms with E-state index in [-0.39, 0.29) is 5.91 Å². The number of amides is 1. The lowest BCUT2D eigenvalue weighted by molar-refractivity contribution is -0.110. The van der Waals surface area contributed by atoms with Crippen LogP contribution in [0.25, 0.3) is 16.7 Å². The summed E-state index contributed by atoms with van der Waals surface area (Å²) >= 11 is 1.62. The fourth-order valence-corrected chi connectivity index (χ4v) is 3.30. The highest BCUT2D eigenvalue weighted by Crippen LogP contribution is 2.33. The molecule has 1 aromatic carbocycles. The van der Waals surface area contributed by atoms with Crippen molar-refractivity contribution in [2.24, 2.45) is 0 Å². The molecular formula is C19H12N4OS. The van der Waals surface area contributed by atoms with Crippen LogP contribution < -0.4 is 10.6 Å². The van der Waals surface area contributed by atoms with E-state index in [0.717, 1.165) is 22.4 Å². The molecule has 0 saturated carbocycles. The number of benzene rings is 1. The fourth-order valence-electron chi connectivity index (χ4n) is 2.63. The zero-order valence-corrected chi connectivity index (χ0v) is 13.8. The minimum absolute atomic E-state index is 0.200. The molecule has 3 aromatic rings. The Morgan fingerprint density at radius 1 is 1.24 bits per heavy atom. The number of nitrogens with one attached hydrogen (secondary N) is 2. The van der Waals surface area contributed by atoms with Crippen LogP contribution >= 0.6 is 11.3 Å². The summed E-state index contributed by atoms with van der Waals surface area (Å²) in [4.78, 5) is 16.6. The maximum Gasteiger partial charge on any atom is 0.259 e. The number of fused-ring (bicyclic) bond motifs is 1. The number of thiophene rings is 1. The van der Waals surface area contributed by atoms with Gasteiger partial charge in [0.15, 0.2) is 0 Å². The molecular weight excluding hydrogens is 332 g/mol. The van der Waals surface area contributed by atoms with Crippen molar-refractivity contribution in [3.05, 3.63) is 70.7 Å². The average Bonchev–Trinajstić information content (AvgIpc) is 3.27. The maximum atomic E-state index is 12.3. The van der Waals surface area contributed by atoms with Crippen LogP contribution in [-0.4, -0.2) is 10.9 Å². The van der Waals surface area contributed by atoms with E-state index >= 15 is 0 Å². The molecule has 0 fully saturated rings. The quantitative estimate of drug-likeness (QED) is 0.702. The third-order valence-corrected chi connectivity index (χ3v) is 4.57. The molecule has 0 atom stereocenters. The van der Waals surface area contributed by atoms with Crippen molar-refractivity contribution in [1.82, 2.24) is 4.98 Å². The van der Waals surface area contributed by atoms with E-state index in [1.54, 1.807) is 41.9 Å². The minimum atomic E-state index is -0.200.